The van der Waals surface area contributed by atoms with Gasteiger partial charge in [-0.05, 0) is 37.7 Å². The van der Waals surface area contributed by atoms with Crippen LogP contribution in [0, 0.1) is 23.7 Å². The minimum Gasteiger partial charge on any atom is -0.462 e. The standard InChI is InChI=1S/C46H64N4O13/c1-27(16-17-38(55)30(4)44(62-32(6)52)28(2)18-19-50(7)26-51)40(58-9)22-41-31(5)39(57-8)14-11-15-42-47-36(24-59-42)45-49-37(25-61-45)46-48-35(23-60-46)29(3)20-33(53)12-10-13-34(54)21-43(56)63-41/h11,15,18-19,23-31,34,39-41,44,54H,10,12-14,16-17,20-22H2,1-9H3/b15-11?,19-18+/t27-,28+,29-,30-,31+,34-,39-,40-,41-,44+/m0/s1. The van der Waals surface area contributed by atoms with Crippen molar-refractivity contribution in [3.8, 4) is 23.2 Å². The largest absolute Gasteiger partial charge is 0.462 e. The fraction of sp³-hybridized carbons (Fsp3) is 0.609. The van der Waals surface area contributed by atoms with Crippen LogP contribution in [0.5, 0.6) is 0 Å². The number of carbonyl (C=O) groups excluding carboxylic acids is 5. The molecule has 1 amide bonds. The summed E-state index contributed by atoms with van der Waals surface area (Å²) in [6, 6.07) is 0. The molecule has 0 aliphatic carbocycles. The van der Waals surface area contributed by atoms with Gasteiger partial charge in [0.05, 0.1) is 36.3 Å². The molecule has 346 valence electrons. The van der Waals surface area contributed by atoms with Crippen molar-refractivity contribution in [2.24, 2.45) is 23.7 Å². The first kappa shape index (κ1) is 50.4. The number of hydrogen-bond acceptors (Lipinski definition) is 16. The zero-order chi connectivity index (χ0) is 46.2. The number of amides is 1. The first-order chi connectivity index (χ1) is 30.0. The molecule has 0 unspecified atom stereocenters. The maximum atomic E-state index is 13.6. The summed E-state index contributed by atoms with van der Waals surface area (Å²) in [5.41, 5.74) is 1.30. The Morgan fingerprint density at radius 2 is 1.70 bits per heavy atom. The lowest BCUT2D eigenvalue weighted by Crippen LogP contribution is -2.39. The fourth-order valence-electron chi connectivity index (χ4n) is 7.64. The van der Waals surface area contributed by atoms with Crippen molar-refractivity contribution in [3.05, 3.63) is 48.7 Å². The van der Waals surface area contributed by atoms with E-state index < -0.39 is 48.4 Å². The molecule has 0 radical (unpaired) electrons. The lowest BCUT2D eigenvalue weighted by Gasteiger charge is -2.34. The third kappa shape index (κ3) is 15.2. The van der Waals surface area contributed by atoms with Crippen LogP contribution in [0.3, 0.4) is 0 Å². The third-order valence-electron chi connectivity index (χ3n) is 11.7. The van der Waals surface area contributed by atoms with Gasteiger partial charge in [0.2, 0.25) is 24.1 Å². The summed E-state index contributed by atoms with van der Waals surface area (Å²) in [6.45, 7) is 10.6. The van der Waals surface area contributed by atoms with Crippen molar-refractivity contribution in [2.45, 2.75) is 136 Å². The molecule has 0 saturated carbocycles. The zero-order valence-corrected chi connectivity index (χ0v) is 37.9. The van der Waals surface area contributed by atoms with E-state index in [4.69, 9.17) is 32.2 Å². The normalized spacial score (nSPS) is 23.1. The molecule has 17 nitrogen and oxygen atoms in total. The summed E-state index contributed by atoms with van der Waals surface area (Å²) in [6.07, 6.45) is 10.4. The SMILES string of the molecule is CO[C@H]1CC=Cc2nc(co2)-c2nc(co2)-c2nc(co2)[C@@H](C)CC(=O)CCC[C@H](O)CC(=O)O[C@@H](C[C@H](OC)[C@@H](C)CCC(=O)[C@H](C)[C@H](OC(C)=O)[C@H](C)/C=C/N(C)C=O)[C@@H]1C. The number of ether oxygens (including phenoxy) is 4. The van der Waals surface area contributed by atoms with Crippen LogP contribution in [0.1, 0.15) is 117 Å². The Kier molecular flexibility index (Phi) is 19.6. The summed E-state index contributed by atoms with van der Waals surface area (Å²) in [7, 11) is 4.72. The molecule has 4 heterocycles. The molecule has 3 aromatic heterocycles. The maximum absolute atomic E-state index is 13.6. The summed E-state index contributed by atoms with van der Waals surface area (Å²) in [5.74, 6) is -2.28. The van der Waals surface area contributed by atoms with E-state index in [0.29, 0.717) is 48.6 Å². The van der Waals surface area contributed by atoms with Gasteiger partial charge in [-0.1, -0.05) is 46.8 Å². The predicted molar refractivity (Wildman–Crippen MR) is 229 cm³/mol. The van der Waals surface area contributed by atoms with Crippen LogP contribution in [-0.2, 0) is 42.9 Å². The molecule has 4 rings (SSSR count). The van der Waals surface area contributed by atoms with Gasteiger partial charge >= 0.3 is 11.9 Å². The number of oxazole rings is 3. The number of ketones is 2. The van der Waals surface area contributed by atoms with Gasteiger partial charge in [-0.3, -0.25) is 24.0 Å². The molecule has 0 spiro atoms. The number of hydrogen-bond donors (Lipinski definition) is 1. The number of rotatable bonds is 15. The van der Waals surface area contributed by atoms with E-state index in [1.165, 1.54) is 30.6 Å². The number of methoxy groups -OCH3 is 2. The average Bonchev–Trinajstić information content (AvgIpc) is 4.05. The van der Waals surface area contributed by atoms with Crippen LogP contribution in [0.4, 0.5) is 0 Å². The maximum Gasteiger partial charge on any atom is 0.308 e. The van der Waals surface area contributed by atoms with E-state index >= 15 is 0 Å². The number of aliphatic hydroxyl groups excluding tert-OH is 1. The van der Waals surface area contributed by atoms with E-state index in [1.807, 2.05) is 33.8 Å². The molecule has 6 bridgehead atoms. The van der Waals surface area contributed by atoms with Crippen molar-refractivity contribution >= 4 is 36.0 Å². The topological polar surface area (TPSA) is 224 Å². The van der Waals surface area contributed by atoms with Gasteiger partial charge in [0.25, 0.3) is 0 Å². The van der Waals surface area contributed by atoms with E-state index in [2.05, 4.69) is 15.0 Å². The van der Waals surface area contributed by atoms with Crippen LogP contribution in [0.15, 0.2) is 50.4 Å². The monoisotopic (exact) mass is 880 g/mol. The molecule has 3 aromatic rings. The van der Waals surface area contributed by atoms with Crippen molar-refractivity contribution < 1.29 is 61.3 Å². The number of Topliss-reactive ketones (excluding diaryl/α,β-unsaturated/α-hetero) is 2. The summed E-state index contributed by atoms with van der Waals surface area (Å²) in [5, 5.41) is 10.9. The van der Waals surface area contributed by atoms with Crippen LogP contribution in [0.2, 0.25) is 0 Å². The fourth-order valence-corrected chi connectivity index (χ4v) is 7.64. The second-order valence-electron chi connectivity index (χ2n) is 16.7. The number of aromatic nitrogens is 3. The van der Waals surface area contributed by atoms with E-state index in [1.54, 1.807) is 46.5 Å². The minimum absolute atomic E-state index is 0.0167. The zero-order valence-electron chi connectivity index (χ0n) is 37.9. The van der Waals surface area contributed by atoms with E-state index in [0.717, 1.165) is 0 Å². The third-order valence-corrected chi connectivity index (χ3v) is 11.7. The molecule has 63 heavy (non-hydrogen) atoms. The van der Waals surface area contributed by atoms with Crippen molar-refractivity contribution in [3.63, 3.8) is 0 Å². The van der Waals surface area contributed by atoms with Crippen molar-refractivity contribution in [2.75, 3.05) is 21.3 Å². The lowest BCUT2D eigenvalue weighted by atomic mass is 9.84. The van der Waals surface area contributed by atoms with Crippen LogP contribution >= 0.6 is 0 Å². The van der Waals surface area contributed by atoms with Gasteiger partial charge in [-0.15, -0.1) is 0 Å². The highest BCUT2D eigenvalue weighted by atomic mass is 16.6. The highest BCUT2D eigenvalue weighted by Gasteiger charge is 2.35. The molecular formula is C46H64N4O13. The van der Waals surface area contributed by atoms with E-state index in [9.17, 15) is 29.1 Å². The van der Waals surface area contributed by atoms with Crippen molar-refractivity contribution in [1.82, 2.24) is 19.9 Å². The number of esters is 2. The molecule has 17 heteroatoms. The van der Waals surface area contributed by atoms with Gasteiger partial charge in [0.1, 0.15) is 42.6 Å². The van der Waals surface area contributed by atoms with Crippen LogP contribution in [0.25, 0.3) is 29.2 Å². The average molecular weight is 881 g/mol. The Morgan fingerprint density at radius 3 is 2.40 bits per heavy atom. The summed E-state index contributed by atoms with van der Waals surface area (Å²) < 4.78 is 40.6. The minimum atomic E-state index is -1.03. The Bertz CT molecular complexity index is 2000. The second kappa shape index (κ2) is 24.5. The lowest BCUT2D eigenvalue weighted by molar-refractivity contribution is -0.160. The second-order valence-corrected chi connectivity index (χ2v) is 16.7. The molecule has 0 aromatic carbocycles. The van der Waals surface area contributed by atoms with Crippen molar-refractivity contribution in [1.29, 1.82) is 0 Å². The highest BCUT2D eigenvalue weighted by molar-refractivity contribution is 5.82. The number of nitrogens with zero attached hydrogens (tertiary/aromatic N) is 4. The number of fused-ring (bicyclic) bond motifs is 8. The number of aliphatic hydroxyl groups is 1. The first-order valence-corrected chi connectivity index (χ1v) is 21.6. The van der Waals surface area contributed by atoms with Gasteiger partial charge in [-0.2, -0.15) is 0 Å². The smallest absolute Gasteiger partial charge is 0.308 e. The molecule has 0 saturated heterocycles. The van der Waals surface area contributed by atoms with Crippen LogP contribution in [-0.4, -0.2) is 107 Å². The molecule has 0 fully saturated rings. The quantitative estimate of drug-likeness (QED) is 0.118. The highest BCUT2D eigenvalue weighted by Crippen LogP contribution is 2.31. The molecule has 1 aliphatic rings. The predicted octanol–water partition coefficient (Wildman–Crippen LogP) is 7.14. The van der Waals surface area contributed by atoms with Gasteiger partial charge in [-0.25, -0.2) is 15.0 Å². The first-order valence-electron chi connectivity index (χ1n) is 21.6. The number of carbonyl (C=O) groups is 5. The molecule has 1 aliphatic heterocycles. The van der Waals surface area contributed by atoms with Gasteiger partial charge < -0.3 is 42.2 Å². The molecular weight excluding hydrogens is 817 g/mol. The molecule has 1 N–H and O–H groups in total. The Hall–Kier alpha value is -5.26. The Morgan fingerprint density at radius 1 is 1.00 bits per heavy atom. The summed E-state index contributed by atoms with van der Waals surface area (Å²) >= 11 is 0. The van der Waals surface area contributed by atoms with Crippen LogP contribution < -0.4 is 0 Å². The van der Waals surface area contributed by atoms with E-state index in [-0.39, 0.29) is 85.5 Å². The van der Waals surface area contributed by atoms with Gasteiger partial charge in [0, 0.05) is 77.8 Å². The van der Waals surface area contributed by atoms with Gasteiger partial charge in [0.15, 0.2) is 11.4 Å². The molecule has 10 atom stereocenters. The summed E-state index contributed by atoms with van der Waals surface area (Å²) in [4.78, 5) is 77.9. The Labute approximate surface area is 369 Å². The Balaban J connectivity index is 1.51. The number of cyclic esters (lactones) is 1.